The maximum atomic E-state index is 2.45. The number of hydrogen-bond acceptors (Lipinski definition) is 0. The van der Waals surface area contributed by atoms with E-state index in [0.29, 0.717) is 0 Å². The summed E-state index contributed by atoms with van der Waals surface area (Å²) in [6.07, 6.45) is 4.88. The van der Waals surface area contributed by atoms with Crippen LogP contribution in [-0.4, -0.2) is 0 Å². The van der Waals surface area contributed by atoms with E-state index in [0.717, 1.165) is 0 Å². The summed E-state index contributed by atoms with van der Waals surface area (Å²) in [6.45, 7) is 2.33. The van der Waals surface area contributed by atoms with Gasteiger partial charge in [0.15, 0.2) is 0 Å². The molecule has 7 aromatic carbocycles. The summed E-state index contributed by atoms with van der Waals surface area (Å²) in [5.41, 5.74) is 13.1. The SMILES string of the molecule is CC1=Cc2c(-c3cccc4ccccc34)cccc2C1c1c2c(ccc1=C(c1ccccc1)c1ccccc1)=c1ccccc1=C2. The van der Waals surface area contributed by atoms with Gasteiger partial charge < -0.3 is 0 Å². The van der Waals surface area contributed by atoms with E-state index >= 15 is 0 Å². The van der Waals surface area contributed by atoms with E-state index in [1.54, 1.807) is 0 Å². The summed E-state index contributed by atoms with van der Waals surface area (Å²) < 4.78 is 0. The number of hydrogen-bond donors (Lipinski definition) is 0. The second kappa shape index (κ2) is 10.7. The minimum Gasteiger partial charge on any atom is -0.0622 e. The van der Waals surface area contributed by atoms with Gasteiger partial charge in [-0.3, -0.25) is 0 Å². The Morgan fingerprint density at radius 1 is 0.478 bits per heavy atom. The van der Waals surface area contributed by atoms with Crippen LogP contribution in [0.2, 0.25) is 0 Å². The summed E-state index contributed by atoms with van der Waals surface area (Å²) in [4.78, 5) is 0. The summed E-state index contributed by atoms with van der Waals surface area (Å²) in [5.74, 6) is 0.128. The van der Waals surface area contributed by atoms with Gasteiger partial charge in [0.05, 0.1) is 0 Å². The van der Waals surface area contributed by atoms with Gasteiger partial charge >= 0.3 is 0 Å². The first-order valence-electron chi connectivity index (χ1n) is 16.1. The van der Waals surface area contributed by atoms with Crippen molar-refractivity contribution < 1.29 is 0 Å². The average molecular weight is 585 g/mol. The van der Waals surface area contributed by atoms with Crippen LogP contribution < -0.4 is 10.4 Å². The van der Waals surface area contributed by atoms with Crippen LogP contribution in [0, 0.1) is 10.4 Å². The van der Waals surface area contributed by atoms with Gasteiger partial charge in [-0.05, 0) is 94.7 Å². The number of benzene rings is 7. The van der Waals surface area contributed by atoms with E-state index < -0.39 is 0 Å². The third-order valence-electron chi connectivity index (χ3n) is 9.88. The zero-order chi connectivity index (χ0) is 30.6. The van der Waals surface area contributed by atoms with Crippen LogP contribution in [0.1, 0.15) is 46.2 Å². The Bertz CT molecular complexity index is 2520. The van der Waals surface area contributed by atoms with E-state index in [4.69, 9.17) is 0 Å². The minimum atomic E-state index is 0.128. The Hall–Kier alpha value is -5.72. The van der Waals surface area contributed by atoms with Crippen LogP contribution in [0.4, 0.5) is 0 Å². The van der Waals surface area contributed by atoms with Crippen molar-refractivity contribution in [2.24, 2.45) is 0 Å². The highest BCUT2D eigenvalue weighted by atomic mass is 14.3. The molecule has 0 spiro atoms. The van der Waals surface area contributed by atoms with Crippen molar-refractivity contribution in [1.82, 2.24) is 0 Å². The molecule has 0 aliphatic heterocycles. The Labute approximate surface area is 269 Å². The lowest BCUT2D eigenvalue weighted by atomic mass is 9.81. The lowest BCUT2D eigenvalue weighted by Gasteiger charge is -2.22. The number of fused-ring (bicyclic) bond motifs is 4. The smallest absolute Gasteiger partial charge is 0.0318 e. The first-order chi connectivity index (χ1) is 22.8. The quantitative estimate of drug-likeness (QED) is 0.193. The molecular formula is C46H32. The van der Waals surface area contributed by atoms with Gasteiger partial charge in [0.1, 0.15) is 0 Å². The number of allylic oxidation sites excluding steroid dienone is 1. The normalized spacial score (nSPS) is 14.3. The molecule has 0 bridgehead atoms. The highest BCUT2D eigenvalue weighted by molar-refractivity contribution is 5.99. The van der Waals surface area contributed by atoms with Crippen molar-refractivity contribution in [2.75, 3.05) is 0 Å². The van der Waals surface area contributed by atoms with E-state index in [2.05, 4.69) is 177 Å². The maximum absolute atomic E-state index is 2.45. The van der Waals surface area contributed by atoms with Crippen LogP contribution in [0.15, 0.2) is 163 Å². The largest absolute Gasteiger partial charge is 0.0622 e. The van der Waals surface area contributed by atoms with Crippen LogP contribution in [0.25, 0.3) is 39.6 Å². The monoisotopic (exact) mass is 584 g/mol. The molecule has 0 amide bonds. The molecule has 0 fully saturated rings. The fourth-order valence-corrected chi connectivity index (χ4v) is 7.90. The fourth-order valence-electron chi connectivity index (χ4n) is 7.90. The topological polar surface area (TPSA) is 0 Å². The zero-order valence-electron chi connectivity index (χ0n) is 25.7. The summed E-state index contributed by atoms with van der Waals surface area (Å²) >= 11 is 0. The molecule has 0 nitrogen and oxygen atoms in total. The molecular weight excluding hydrogens is 553 g/mol. The van der Waals surface area contributed by atoms with Gasteiger partial charge in [0.25, 0.3) is 0 Å². The van der Waals surface area contributed by atoms with Gasteiger partial charge in [0.2, 0.25) is 0 Å². The minimum absolute atomic E-state index is 0.128. The fraction of sp³-hybridized carbons (Fsp3) is 0.0435. The molecule has 46 heavy (non-hydrogen) atoms. The summed E-state index contributed by atoms with van der Waals surface area (Å²) in [7, 11) is 0. The molecule has 0 saturated heterocycles. The molecule has 7 aromatic rings. The molecule has 9 rings (SSSR count). The Morgan fingerprint density at radius 2 is 1.13 bits per heavy atom. The highest BCUT2D eigenvalue weighted by Gasteiger charge is 2.30. The van der Waals surface area contributed by atoms with Crippen LogP contribution >= 0.6 is 0 Å². The Morgan fingerprint density at radius 3 is 1.93 bits per heavy atom. The zero-order valence-corrected chi connectivity index (χ0v) is 25.7. The van der Waals surface area contributed by atoms with E-state index in [1.807, 2.05) is 0 Å². The molecule has 0 heterocycles. The van der Waals surface area contributed by atoms with Crippen molar-refractivity contribution in [3.8, 4) is 11.1 Å². The molecule has 2 aliphatic carbocycles. The third-order valence-corrected chi connectivity index (χ3v) is 9.88. The highest BCUT2D eigenvalue weighted by Crippen LogP contribution is 2.46. The molecule has 1 atom stereocenters. The molecule has 216 valence electrons. The third kappa shape index (κ3) is 4.15. The Balaban J connectivity index is 1.40. The standard InChI is InChI=1S/C46H32/c1-30-28-42-38(37-23-12-20-31-14-8-10-21-35(31)37)24-13-25-40(42)44(30)46-41(27-26-39-36-22-11-9-19-34(36)29-43(39)46)45(32-15-4-2-5-16-32)33-17-6-3-7-18-33/h2-29,44H,1H3. The average Bonchev–Trinajstić information content (AvgIpc) is 3.66. The van der Waals surface area contributed by atoms with Crippen LogP contribution in [-0.2, 0) is 0 Å². The lowest BCUT2D eigenvalue weighted by molar-refractivity contribution is 0.959. The second-order valence-corrected chi connectivity index (χ2v) is 12.5. The summed E-state index contributed by atoms with van der Waals surface area (Å²) in [5, 5.41) is 7.79. The molecule has 0 radical (unpaired) electrons. The van der Waals surface area contributed by atoms with Crippen molar-refractivity contribution in [3.05, 3.63) is 218 Å². The van der Waals surface area contributed by atoms with E-state index in [9.17, 15) is 0 Å². The van der Waals surface area contributed by atoms with Gasteiger partial charge in [-0.15, -0.1) is 0 Å². The molecule has 0 saturated carbocycles. The maximum Gasteiger partial charge on any atom is 0.0318 e. The second-order valence-electron chi connectivity index (χ2n) is 12.5. The van der Waals surface area contributed by atoms with E-state index in [-0.39, 0.29) is 5.92 Å². The summed E-state index contributed by atoms with van der Waals surface area (Å²) in [6, 6.07) is 57.7. The van der Waals surface area contributed by atoms with Crippen LogP contribution in [0.5, 0.6) is 0 Å². The van der Waals surface area contributed by atoms with Crippen molar-refractivity contribution in [3.63, 3.8) is 0 Å². The van der Waals surface area contributed by atoms with Crippen molar-refractivity contribution in [1.29, 1.82) is 0 Å². The first kappa shape index (κ1) is 26.7. The van der Waals surface area contributed by atoms with Crippen molar-refractivity contribution in [2.45, 2.75) is 12.8 Å². The van der Waals surface area contributed by atoms with Gasteiger partial charge in [-0.2, -0.15) is 0 Å². The predicted molar refractivity (Wildman–Crippen MR) is 193 cm³/mol. The van der Waals surface area contributed by atoms with Crippen LogP contribution in [0.3, 0.4) is 0 Å². The molecule has 1 unspecified atom stereocenters. The van der Waals surface area contributed by atoms with Crippen molar-refractivity contribution >= 4 is 28.5 Å². The van der Waals surface area contributed by atoms with Gasteiger partial charge in [0, 0.05) is 5.92 Å². The Kier molecular flexibility index (Phi) is 6.21. The predicted octanol–water partition coefficient (Wildman–Crippen LogP) is 9.73. The van der Waals surface area contributed by atoms with Gasteiger partial charge in [-0.25, -0.2) is 0 Å². The molecule has 0 heteroatoms. The molecule has 0 aromatic heterocycles. The molecule has 0 N–H and O–H groups in total. The number of rotatable bonds is 4. The first-order valence-corrected chi connectivity index (χ1v) is 16.1. The molecule has 2 aliphatic rings. The lowest BCUT2D eigenvalue weighted by Crippen LogP contribution is -2.21. The van der Waals surface area contributed by atoms with E-state index in [1.165, 1.54) is 87.3 Å². The van der Waals surface area contributed by atoms with Gasteiger partial charge in [-0.1, -0.05) is 169 Å².